The van der Waals surface area contributed by atoms with Gasteiger partial charge in [-0.15, -0.1) is 0 Å². The van der Waals surface area contributed by atoms with Crippen LogP contribution in [0.25, 0.3) is 0 Å². The Morgan fingerprint density at radius 2 is 2.33 bits per heavy atom. The molecular weight excluding hydrogens is 305 g/mol. The van der Waals surface area contributed by atoms with Gasteiger partial charge in [0.05, 0.1) is 6.33 Å². The van der Waals surface area contributed by atoms with E-state index in [1.807, 2.05) is 22.6 Å². The van der Waals surface area contributed by atoms with Crippen molar-refractivity contribution in [1.82, 2.24) is 9.97 Å². The molecule has 1 atom stereocenters. The molecule has 0 bridgehead atoms. The van der Waals surface area contributed by atoms with Crippen LogP contribution in [-0.2, 0) is 0 Å². The molecule has 0 radical (unpaired) electrons. The third-order valence-electron chi connectivity index (χ3n) is 2.27. The van der Waals surface area contributed by atoms with E-state index >= 15 is 0 Å². The zero-order valence-corrected chi connectivity index (χ0v) is 11.2. The summed E-state index contributed by atoms with van der Waals surface area (Å²) in [6.07, 6.45) is 4.70. The molecule has 0 aliphatic heterocycles. The molecule has 1 heterocycles. The van der Waals surface area contributed by atoms with Gasteiger partial charge in [-0.2, -0.15) is 0 Å². The van der Waals surface area contributed by atoms with Gasteiger partial charge in [0.25, 0.3) is 5.56 Å². The summed E-state index contributed by atoms with van der Waals surface area (Å²) in [6.45, 7) is 4.29. The van der Waals surface area contributed by atoms with Crippen LogP contribution in [0.1, 0.15) is 33.1 Å². The summed E-state index contributed by atoms with van der Waals surface area (Å²) in [5.74, 6) is 0.694. The smallest absolute Gasteiger partial charge is 0.266 e. The molecule has 0 aromatic carbocycles. The van der Waals surface area contributed by atoms with Crippen LogP contribution in [0.3, 0.4) is 0 Å². The number of aromatic nitrogens is 2. The molecule has 5 heteroatoms. The maximum absolute atomic E-state index is 11.3. The second-order valence-corrected chi connectivity index (χ2v) is 4.51. The Morgan fingerprint density at radius 1 is 1.60 bits per heavy atom. The van der Waals surface area contributed by atoms with E-state index in [1.54, 1.807) is 0 Å². The SMILES string of the molecule is CCCC(CC)Nc1nc[nH]c(=O)c1I. The first-order valence-electron chi connectivity index (χ1n) is 5.18. The van der Waals surface area contributed by atoms with Crippen molar-refractivity contribution in [3.63, 3.8) is 0 Å². The minimum Gasteiger partial charge on any atom is -0.366 e. The Morgan fingerprint density at radius 3 is 2.93 bits per heavy atom. The van der Waals surface area contributed by atoms with Gasteiger partial charge >= 0.3 is 0 Å². The van der Waals surface area contributed by atoms with Crippen molar-refractivity contribution in [2.75, 3.05) is 5.32 Å². The third kappa shape index (κ3) is 3.48. The summed E-state index contributed by atoms with van der Waals surface area (Å²) in [4.78, 5) is 18.0. The highest BCUT2D eigenvalue weighted by molar-refractivity contribution is 14.1. The van der Waals surface area contributed by atoms with Crippen molar-refractivity contribution in [3.8, 4) is 0 Å². The Hall–Kier alpha value is -0.590. The van der Waals surface area contributed by atoms with Gasteiger partial charge in [0.1, 0.15) is 9.39 Å². The number of hydrogen-bond donors (Lipinski definition) is 2. The van der Waals surface area contributed by atoms with E-state index in [9.17, 15) is 4.79 Å². The summed E-state index contributed by atoms with van der Waals surface area (Å²) in [5, 5.41) is 3.30. The van der Waals surface area contributed by atoms with Crippen molar-refractivity contribution in [3.05, 3.63) is 20.3 Å². The van der Waals surface area contributed by atoms with Crippen molar-refractivity contribution >= 4 is 28.4 Å². The average Bonchev–Trinajstić information content (AvgIpc) is 2.24. The lowest BCUT2D eigenvalue weighted by atomic mass is 10.1. The van der Waals surface area contributed by atoms with Gasteiger partial charge in [-0.1, -0.05) is 20.3 Å². The van der Waals surface area contributed by atoms with Gasteiger partial charge in [0.15, 0.2) is 0 Å². The predicted octanol–water partition coefficient (Wildman–Crippen LogP) is 2.37. The van der Waals surface area contributed by atoms with Crippen molar-refractivity contribution in [2.24, 2.45) is 0 Å². The highest BCUT2D eigenvalue weighted by Crippen LogP contribution is 2.13. The molecule has 0 fully saturated rings. The van der Waals surface area contributed by atoms with Gasteiger partial charge in [-0.3, -0.25) is 4.79 Å². The van der Waals surface area contributed by atoms with E-state index in [0.717, 1.165) is 19.3 Å². The second kappa shape index (κ2) is 6.09. The quantitative estimate of drug-likeness (QED) is 0.819. The molecule has 15 heavy (non-hydrogen) atoms. The molecular formula is C10H16IN3O. The fourth-order valence-electron chi connectivity index (χ4n) is 1.40. The lowest BCUT2D eigenvalue weighted by molar-refractivity contribution is 0.619. The second-order valence-electron chi connectivity index (χ2n) is 3.43. The maximum Gasteiger partial charge on any atom is 0.266 e. The summed E-state index contributed by atoms with van der Waals surface area (Å²) in [7, 11) is 0. The van der Waals surface area contributed by atoms with Crippen molar-refractivity contribution < 1.29 is 0 Å². The minimum atomic E-state index is -0.0838. The van der Waals surface area contributed by atoms with Gasteiger partial charge < -0.3 is 10.3 Å². The summed E-state index contributed by atoms with van der Waals surface area (Å²) in [6, 6.07) is 0.401. The molecule has 1 aromatic heterocycles. The lowest BCUT2D eigenvalue weighted by Gasteiger charge is -2.16. The highest BCUT2D eigenvalue weighted by Gasteiger charge is 2.09. The molecule has 0 spiro atoms. The molecule has 4 nitrogen and oxygen atoms in total. The summed E-state index contributed by atoms with van der Waals surface area (Å²) < 4.78 is 0.629. The van der Waals surface area contributed by atoms with Crippen LogP contribution in [0.5, 0.6) is 0 Å². The number of nitrogens with zero attached hydrogens (tertiary/aromatic N) is 1. The van der Waals surface area contributed by atoms with E-state index < -0.39 is 0 Å². The van der Waals surface area contributed by atoms with Crippen LogP contribution in [-0.4, -0.2) is 16.0 Å². The first kappa shape index (κ1) is 12.5. The van der Waals surface area contributed by atoms with Crippen LogP contribution in [0.15, 0.2) is 11.1 Å². The minimum absolute atomic E-state index is 0.0838. The fraction of sp³-hybridized carbons (Fsp3) is 0.600. The number of aromatic amines is 1. The molecule has 0 aliphatic carbocycles. The molecule has 1 aromatic rings. The number of H-pyrrole nitrogens is 1. The first-order valence-corrected chi connectivity index (χ1v) is 6.26. The molecule has 0 aliphatic rings. The largest absolute Gasteiger partial charge is 0.366 e. The summed E-state index contributed by atoms with van der Waals surface area (Å²) >= 11 is 2.01. The van der Waals surface area contributed by atoms with Crippen LogP contribution in [0.4, 0.5) is 5.82 Å². The van der Waals surface area contributed by atoms with E-state index in [0.29, 0.717) is 15.4 Å². The summed E-state index contributed by atoms with van der Waals surface area (Å²) in [5.41, 5.74) is -0.0838. The van der Waals surface area contributed by atoms with E-state index in [-0.39, 0.29) is 5.56 Å². The normalized spacial score (nSPS) is 12.5. The standard InChI is InChI=1S/C10H16IN3O/c1-3-5-7(4-2)14-9-8(11)10(15)13-6-12-9/h6-7H,3-5H2,1-2H3,(H2,12,13,14,15). The molecule has 1 rings (SSSR count). The molecule has 84 valence electrons. The van der Waals surface area contributed by atoms with Gasteiger partial charge in [-0.25, -0.2) is 4.98 Å². The van der Waals surface area contributed by atoms with E-state index in [4.69, 9.17) is 0 Å². The van der Waals surface area contributed by atoms with Gasteiger partial charge in [-0.05, 0) is 35.4 Å². The zero-order chi connectivity index (χ0) is 11.3. The maximum atomic E-state index is 11.3. The van der Waals surface area contributed by atoms with Crippen LogP contribution in [0, 0.1) is 3.57 Å². The lowest BCUT2D eigenvalue weighted by Crippen LogP contribution is -2.22. The van der Waals surface area contributed by atoms with Crippen LogP contribution >= 0.6 is 22.6 Å². The van der Waals surface area contributed by atoms with Crippen molar-refractivity contribution in [1.29, 1.82) is 0 Å². The van der Waals surface area contributed by atoms with E-state index in [2.05, 4.69) is 29.1 Å². The topological polar surface area (TPSA) is 57.8 Å². The van der Waals surface area contributed by atoms with E-state index in [1.165, 1.54) is 6.33 Å². The highest BCUT2D eigenvalue weighted by atomic mass is 127. The van der Waals surface area contributed by atoms with Crippen LogP contribution < -0.4 is 10.9 Å². The monoisotopic (exact) mass is 321 g/mol. The van der Waals surface area contributed by atoms with Crippen molar-refractivity contribution in [2.45, 2.75) is 39.2 Å². The number of nitrogens with one attached hydrogen (secondary N) is 2. The Bertz CT molecular complexity index is 364. The predicted molar refractivity (Wildman–Crippen MR) is 70.2 cm³/mol. The molecule has 2 N–H and O–H groups in total. The molecule has 1 unspecified atom stereocenters. The van der Waals surface area contributed by atoms with Gasteiger partial charge in [0, 0.05) is 6.04 Å². The Kier molecular flexibility index (Phi) is 5.07. The number of hydrogen-bond acceptors (Lipinski definition) is 3. The van der Waals surface area contributed by atoms with Crippen LogP contribution in [0.2, 0.25) is 0 Å². The molecule has 0 saturated heterocycles. The Balaban J connectivity index is 2.79. The number of halogens is 1. The molecule has 0 amide bonds. The zero-order valence-electron chi connectivity index (χ0n) is 9.01. The fourth-order valence-corrected chi connectivity index (χ4v) is 1.85. The Labute approximate surface area is 103 Å². The van der Waals surface area contributed by atoms with Gasteiger partial charge in [0.2, 0.25) is 0 Å². The first-order chi connectivity index (χ1) is 7.19. The number of rotatable bonds is 5. The number of anilines is 1. The third-order valence-corrected chi connectivity index (χ3v) is 3.27. The molecule has 0 saturated carbocycles. The average molecular weight is 321 g/mol.